The minimum absolute atomic E-state index is 0.0936. The summed E-state index contributed by atoms with van der Waals surface area (Å²) in [7, 11) is 0. The highest BCUT2D eigenvalue weighted by atomic mass is 16.5. The van der Waals surface area contributed by atoms with Crippen molar-refractivity contribution >= 4 is 11.9 Å². The van der Waals surface area contributed by atoms with Crippen molar-refractivity contribution in [2.45, 2.75) is 40.2 Å². The number of hydrogen-bond donors (Lipinski definition) is 1. The maximum Gasteiger partial charge on any atom is 0.306 e. The Morgan fingerprint density at radius 1 is 0.963 bits per heavy atom. The smallest absolute Gasteiger partial charge is 0.306 e. The first-order valence-corrected chi connectivity index (χ1v) is 9.57. The number of amides is 1. The molecule has 2 aromatic rings. The highest BCUT2D eigenvalue weighted by Crippen LogP contribution is 2.20. The summed E-state index contributed by atoms with van der Waals surface area (Å²) in [4.78, 5) is 24.3. The maximum atomic E-state index is 12.6. The third-order valence-electron chi connectivity index (χ3n) is 4.37. The van der Waals surface area contributed by atoms with Gasteiger partial charge in [-0.15, -0.1) is 0 Å². The van der Waals surface area contributed by atoms with Gasteiger partial charge in [0.05, 0.1) is 13.0 Å². The number of ether oxygens (including phenoxy) is 1. The fourth-order valence-corrected chi connectivity index (χ4v) is 3.05. The van der Waals surface area contributed by atoms with Crippen LogP contribution >= 0.6 is 0 Å². The van der Waals surface area contributed by atoms with Crippen molar-refractivity contribution in [3.05, 3.63) is 60.2 Å². The topological polar surface area (TPSA) is 55.4 Å². The van der Waals surface area contributed by atoms with Crippen molar-refractivity contribution < 1.29 is 14.3 Å². The molecule has 0 bridgehead atoms. The quantitative estimate of drug-likeness (QED) is 0.660. The average molecular weight is 367 g/mol. The highest BCUT2D eigenvalue weighted by Gasteiger charge is 2.23. The van der Waals surface area contributed by atoms with E-state index in [0.717, 1.165) is 11.1 Å². The van der Waals surface area contributed by atoms with Crippen LogP contribution < -0.4 is 5.32 Å². The molecule has 0 aliphatic carbocycles. The Bertz CT molecular complexity index is 723. The lowest BCUT2D eigenvalue weighted by Gasteiger charge is -2.18. The van der Waals surface area contributed by atoms with E-state index in [-0.39, 0.29) is 24.2 Å². The summed E-state index contributed by atoms with van der Waals surface area (Å²) in [6.45, 7) is 6.66. The number of hydrogen-bond acceptors (Lipinski definition) is 3. The van der Waals surface area contributed by atoms with E-state index in [1.54, 1.807) is 6.92 Å². The molecule has 0 radical (unpaired) electrons. The molecule has 0 spiro atoms. The van der Waals surface area contributed by atoms with E-state index in [4.69, 9.17) is 4.74 Å². The van der Waals surface area contributed by atoms with Gasteiger partial charge in [-0.2, -0.15) is 0 Å². The molecule has 0 saturated heterocycles. The predicted octanol–water partition coefficient (Wildman–Crippen LogP) is 4.59. The van der Waals surface area contributed by atoms with Crippen molar-refractivity contribution in [2.75, 3.05) is 6.61 Å². The molecule has 4 nitrogen and oxygen atoms in total. The number of carbonyl (C=O) groups excluding carboxylic acids is 2. The van der Waals surface area contributed by atoms with Gasteiger partial charge in [0.1, 0.15) is 0 Å². The number of esters is 1. The Morgan fingerprint density at radius 3 is 2.19 bits per heavy atom. The van der Waals surface area contributed by atoms with Crippen LogP contribution in [0.2, 0.25) is 0 Å². The Morgan fingerprint density at radius 2 is 1.59 bits per heavy atom. The summed E-state index contributed by atoms with van der Waals surface area (Å²) in [5.74, 6) is -0.428. The van der Waals surface area contributed by atoms with Crippen molar-refractivity contribution in [3.63, 3.8) is 0 Å². The Balaban J connectivity index is 1.94. The summed E-state index contributed by atoms with van der Waals surface area (Å²) in [5, 5.41) is 2.96. The van der Waals surface area contributed by atoms with E-state index < -0.39 is 0 Å². The van der Waals surface area contributed by atoms with Gasteiger partial charge < -0.3 is 10.1 Å². The predicted molar refractivity (Wildman–Crippen MR) is 108 cm³/mol. The molecule has 144 valence electrons. The second kappa shape index (κ2) is 10.5. The first kappa shape index (κ1) is 20.7. The minimum Gasteiger partial charge on any atom is -0.466 e. The lowest BCUT2D eigenvalue weighted by Crippen LogP contribution is -2.33. The van der Waals surface area contributed by atoms with Gasteiger partial charge in [0.15, 0.2) is 0 Å². The zero-order valence-corrected chi connectivity index (χ0v) is 16.4. The monoisotopic (exact) mass is 367 g/mol. The first-order valence-electron chi connectivity index (χ1n) is 9.57. The van der Waals surface area contributed by atoms with Crippen LogP contribution in [0.3, 0.4) is 0 Å². The number of nitrogens with one attached hydrogen (secondary N) is 1. The van der Waals surface area contributed by atoms with Crippen LogP contribution in [0.5, 0.6) is 0 Å². The van der Waals surface area contributed by atoms with Crippen LogP contribution in [0.1, 0.15) is 39.2 Å². The zero-order valence-electron chi connectivity index (χ0n) is 16.4. The molecule has 0 saturated carbocycles. The largest absolute Gasteiger partial charge is 0.466 e. The average Bonchev–Trinajstić information content (AvgIpc) is 2.66. The summed E-state index contributed by atoms with van der Waals surface area (Å²) in [6, 6.07) is 18.3. The molecular weight excluding hydrogens is 338 g/mol. The van der Waals surface area contributed by atoms with E-state index in [2.05, 4.69) is 29.6 Å². The van der Waals surface area contributed by atoms with E-state index in [0.29, 0.717) is 25.5 Å². The maximum absolute atomic E-state index is 12.6. The third kappa shape index (κ3) is 6.89. The summed E-state index contributed by atoms with van der Waals surface area (Å²) < 4.78 is 5.00. The second-order valence-corrected chi connectivity index (χ2v) is 7.12. The fourth-order valence-electron chi connectivity index (χ4n) is 3.05. The van der Waals surface area contributed by atoms with Crippen molar-refractivity contribution in [3.8, 4) is 11.1 Å². The van der Waals surface area contributed by atoms with Gasteiger partial charge >= 0.3 is 5.97 Å². The molecule has 4 heteroatoms. The van der Waals surface area contributed by atoms with Gasteiger partial charge in [-0.25, -0.2) is 0 Å². The standard InChI is InChI=1S/C23H29NO3/c1-4-27-22(25)15-21(14-17(2)3)23(26)24-16-18-10-12-20(13-11-18)19-8-6-5-7-9-19/h5-13,17,21H,4,14-16H2,1-3H3,(H,24,26). The Labute approximate surface area is 161 Å². The molecule has 2 aromatic carbocycles. The number of benzene rings is 2. The number of carbonyl (C=O) groups is 2. The van der Waals surface area contributed by atoms with Gasteiger partial charge in [-0.1, -0.05) is 68.4 Å². The Kier molecular flexibility index (Phi) is 8.05. The lowest BCUT2D eigenvalue weighted by atomic mass is 9.93. The lowest BCUT2D eigenvalue weighted by molar-refractivity contribution is -0.146. The fraction of sp³-hybridized carbons (Fsp3) is 0.391. The van der Waals surface area contributed by atoms with Crippen LogP contribution in [-0.2, 0) is 20.9 Å². The summed E-state index contributed by atoms with van der Waals surface area (Å²) in [6.07, 6.45) is 0.794. The van der Waals surface area contributed by atoms with Gasteiger partial charge in [0, 0.05) is 12.5 Å². The van der Waals surface area contributed by atoms with Crippen LogP contribution in [0.15, 0.2) is 54.6 Å². The highest BCUT2D eigenvalue weighted by molar-refractivity contribution is 5.83. The van der Waals surface area contributed by atoms with Gasteiger partial charge in [-0.05, 0) is 36.0 Å². The molecule has 0 aliphatic rings. The van der Waals surface area contributed by atoms with Crippen LogP contribution in [0, 0.1) is 11.8 Å². The summed E-state index contributed by atoms with van der Waals surface area (Å²) in [5.41, 5.74) is 3.34. The van der Waals surface area contributed by atoms with Crippen molar-refractivity contribution in [1.29, 1.82) is 0 Å². The zero-order chi connectivity index (χ0) is 19.6. The third-order valence-corrected chi connectivity index (χ3v) is 4.37. The molecular formula is C23H29NO3. The molecule has 1 atom stereocenters. The first-order chi connectivity index (χ1) is 13.0. The van der Waals surface area contributed by atoms with E-state index in [1.807, 2.05) is 44.2 Å². The summed E-state index contributed by atoms with van der Waals surface area (Å²) >= 11 is 0. The van der Waals surface area contributed by atoms with Crippen molar-refractivity contribution in [2.24, 2.45) is 11.8 Å². The molecule has 0 aromatic heterocycles. The van der Waals surface area contributed by atoms with Crippen LogP contribution in [-0.4, -0.2) is 18.5 Å². The number of rotatable bonds is 9. The molecule has 0 fully saturated rings. The molecule has 1 N–H and O–H groups in total. The van der Waals surface area contributed by atoms with E-state index >= 15 is 0 Å². The second-order valence-electron chi connectivity index (χ2n) is 7.12. The van der Waals surface area contributed by atoms with E-state index in [9.17, 15) is 9.59 Å². The van der Waals surface area contributed by atoms with Crippen molar-refractivity contribution in [1.82, 2.24) is 5.32 Å². The normalized spacial score (nSPS) is 11.9. The Hall–Kier alpha value is -2.62. The SMILES string of the molecule is CCOC(=O)CC(CC(C)C)C(=O)NCc1ccc(-c2ccccc2)cc1. The molecule has 0 heterocycles. The molecule has 1 amide bonds. The molecule has 2 rings (SSSR count). The van der Waals surface area contributed by atoms with Crippen LogP contribution in [0.25, 0.3) is 11.1 Å². The molecule has 1 unspecified atom stereocenters. The van der Waals surface area contributed by atoms with Crippen LogP contribution in [0.4, 0.5) is 0 Å². The molecule has 0 aliphatic heterocycles. The van der Waals surface area contributed by atoms with Gasteiger partial charge in [-0.3, -0.25) is 9.59 Å². The van der Waals surface area contributed by atoms with Gasteiger partial charge in [0.25, 0.3) is 0 Å². The minimum atomic E-state index is -0.354. The van der Waals surface area contributed by atoms with Gasteiger partial charge in [0.2, 0.25) is 5.91 Å². The van der Waals surface area contributed by atoms with E-state index in [1.165, 1.54) is 5.56 Å². The molecule has 27 heavy (non-hydrogen) atoms.